The van der Waals surface area contributed by atoms with E-state index in [9.17, 15) is 10.1 Å². The van der Waals surface area contributed by atoms with E-state index in [0.717, 1.165) is 16.5 Å². The molecular formula is C20H17N3O2. The van der Waals surface area contributed by atoms with E-state index in [1.54, 1.807) is 24.3 Å². The zero-order chi connectivity index (χ0) is 17.6. The summed E-state index contributed by atoms with van der Waals surface area (Å²) in [6.07, 6.45) is 6.88. The number of benzene rings is 1. The number of hydrogen-bond donors (Lipinski definition) is 1. The highest BCUT2D eigenvalue weighted by atomic mass is 16.3. The molecular weight excluding hydrogens is 314 g/mol. The molecule has 0 radical (unpaired) electrons. The third kappa shape index (κ3) is 3.54. The molecule has 3 rings (SSSR count). The van der Waals surface area contributed by atoms with Crippen LogP contribution in [0.4, 0.5) is 0 Å². The lowest BCUT2D eigenvalue weighted by Gasteiger charge is -2.01. The molecule has 0 spiro atoms. The second kappa shape index (κ2) is 7.37. The van der Waals surface area contributed by atoms with Gasteiger partial charge in [-0.3, -0.25) is 4.79 Å². The van der Waals surface area contributed by atoms with Crippen LogP contribution in [0.15, 0.2) is 71.5 Å². The predicted octanol–water partition coefficient (Wildman–Crippen LogP) is 3.64. The molecule has 0 fully saturated rings. The van der Waals surface area contributed by atoms with Crippen LogP contribution in [0.2, 0.25) is 0 Å². The summed E-state index contributed by atoms with van der Waals surface area (Å²) in [5.74, 6) is 0.202. The fourth-order valence-corrected chi connectivity index (χ4v) is 2.66. The number of amides is 1. The van der Waals surface area contributed by atoms with Gasteiger partial charge >= 0.3 is 0 Å². The van der Waals surface area contributed by atoms with Gasteiger partial charge in [0.1, 0.15) is 17.4 Å². The third-order valence-corrected chi connectivity index (χ3v) is 3.81. The van der Waals surface area contributed by atoms with Crippen LogP contribution in [0.25, 0.3) is 17.0 Å². The van der Waals surface area contributed by atoms with Gasteiger partial charge in [-0.25, -0.2) is 0 Å². The Hall–Kier alpha value is -3.52. The smallest absolute Gasteiger partial charge is 0.262 e. The van der Waals surface area contributed by atoms with Gasteiger partial charge in [0.2, 0.25) is 0 Å². The molecule has 0 atom stereocenters. The molecule has 5 heteroatoms. The number of aromatic nitrogens is 1. The van der Waals surface area contributed by atoms with Crippen LogP contribution in [0.5, 0.6) is 0 Å². The number of nitriles is 1. The standard InChI is InChI=1S/C20H17N3O2/c1-2-9-23-14-16(18-7-3-4-8-19(18)23)11-15(12-21)20(24)22-13-17-6-5-10-25-17/h2-8,10-11,14H,1,9,13H2,(H,22,24)/b15-11+. The second-order valence-electron chi connectivity index (χ2n) is 5.47. The van der Waals surface area contributed by atoms with Crippen LogP contribution >= 0.6 is 0 Å². The first-order valence-electron chi connectivity index (χ1n) is 7.84. The lowest BCUT2D eigenvalue weighted by molar-refractivity contribution is -0.117. The van der Waals surface area contributed by atoms with Gasteiger partial charge in [-0.2, -0.15) is 5.26 Å². The van der Waals surface area contributed by atoms with E-state index in [1.165, 1.54) is 6.26 Å². The summed E-state index contributed by atoms with van der Waals surface area (Å²) in [5, 5.41) is 13.0. The van der Waals surface area contributed by atoms with Crippen molar-refractivity contribution in [2.45, 2.75) is 13.1 Å². The van der Waals surface area contributed by atoms with Crippen molar-refractivity contribution >= 4 is 22.9 Å². The van der Waals surface area contributed by atoms with Gasteiger partial charge in [0.15, 0.2) is 0 Å². The monoisotopic (exact) mass is 331 g/mol. The fraction of sp³-hybridized carbons (Fsp3) is 0.100. The number of furan rings is 1. The topological polar surface area (TPSA) is 71.0 Å². The molecule has 1 N–H and O–H groups in total. The van der Waals surface area contributed by atoms with Crippen molar-refractivity contribution in [3.05, 3.63) is 78.4 Å². The Balaban J connectivity index is 1.89. The predicted molar refractivity (Wildman–Crippen MR) is 96.3 cm³/mol. The van der Waals surface area contributed by atoms with Gasteiger partial charge < -0.3 is 14.3 Å². The average molecular weight is 331 g/mol. The van der Waals surface area contributed by atoms with Crippen LogP contribution in [-0.4, -0.2) is 10.5 Å². The minimum absolute atomic E-state index is 0.0491. The van der Waals surface area contributed by atoms with E-state index in [0.29, 0.717) is 12.3 Å². The maximum atomic E-state index is 12.3. The zero-order valence-corrected chi connectivity index (χ0v) is 13.6. The highest BCUT2D eigenvalue weighted by Gasteiger charge is 2.12. The Morgan fingerprint density at radius 3 is 2.88 bits per heavy atom. The molecule has 2 aromatic heterocycles. The van der Waals surface area contributed by atoms with Crippen molar-refractivity contribution in [2.24, 2.45) is 0 Å². The van der Waals surface area contributed by atoms with Crippen molar-refractivity contribution in [1.29, 1.82) is 5.26 Å². The van der Waals surface area contributed by atoms with Crippen LogP contribution in [0.3, 0.4) is 0 Å². The van der Waals surface area contributed by atoms with Gasteiger partial charge in [0.25, 0.3) is 5.91 Å². The quantitative estimate of drug-likeness (QED) is 0.426. The maximum absolute atomic E-state index is 12.3. The number of hydrogen-bond acceptors (Lipinski definition) is 3. The second-order valence-corrected chi connectivity index (χ2v) is 5.47. The first-order valence-corrected chi connectivity index (χ1v) is 7.84. The van der Waals surface area contributed by atoms with E-state index < -0.39 is 5.91 Å². The van der Waals surface area contributed by atoms with E-state index in [4.69, 9.17) is 4.42 Å². The number of para-hydroxylation sites is 1. The number of allylic oxidation sites excluding steroid dienone is 1. The number of nitrogens with one attached hydrogen (secondary N) is 1. The van der Waals surface area contributed by atoms with Crippen molar-refractivity contribution in [2.75, 3.05) is 0 Å². The molecule has 5 nitrogen and oxygen atoms in total. The zero-order valence-electron chi connectivity index (χ0n) is 13.6. The lowest BCUT2D eigenvalue weighted by atomic mass is 10.1. The third-order valence-electron chi connectivity index (χ3n) is 3.81. The number of carbonyl (C=O) groups is 1. The van der Waals surface area contributed by atoms with Crippen LogP contribution in [0, 0.1) is 11.3 Å². The van der Waals surface area contributed by atoms with Crippen molar-refractivity contribution in [1.82, 2.24) is 9.88 Å². The van der Waals surface area contributed by atoms with Gasteiger partial charge in [-0.1, -0.05) is 24.3 Å². The Kier molecular flexibility index (Phi) is 4.82. The Bertz CT molecular complexity index is 972. The number of nitrogens with zero attached hydrogens (tertiary/aromatic N) is 2. The van der Waals surface area contributed by atoms with Gasteiger partial charge in [-0.05, 0) is 24.3 Å². The number of carbonyl (C=O) groups excluding carboxylic acids is 1. The van der Waals surface area contributed by atoms with E-state index in [2.05, 4.69) is 11.9 Å². The molecule has 0 saturated heterocycles. The Morgan fingerprint density at radius 2 is 2.16 bits per heavy atom. The van der Waals surface area contributed by atoms with E-state index in [1.807, 2.05) is 41.1 Å². The summed E-state index contributed by atoms with van der Waals surface area (Å²) in [7, 11) is 0. The largest absolute Gasteiger partial charge is 0.467 e. The van der Waals surface area contributed by atoms with Crippen molar-refractivity contribution in [3.8, 4) is 6.07 Å². The Labute approximate surface area is 145 Å². The van der Waals surface area contributed by atoms with E-state index in [-0.39, 0.29) is 12.1 Å². The molecule has 0 bridgehead atoms. The minimum atomic E-state index is -0.431. The highest BCUT2D eigenvalue weighted by Crippen LogP contribution is 2.23. The van der Waals surface area contributed by atoms with Crippen LogP contribution in [-0.2, 0) is 17.9 Å². The highest BCUT2D eigenvalue weighted by molar-refractivity contribution is 6.04. The van der Waals surface area contributed by atoms with E-state index >= 15 is 0 Å². The van der Waals surface area contributed by atoms with Crippen LogP contribution in [0.1, 0.15) is 11.3 Å². The summed E-state index contributed by atoms with van der Waals surface area (Å²) in [6, 6.07) is 13.3. The molecule has 0 aliphatic rings. The molecule has 1 amide bonds. The summed E-state index contributed by atoms with van der Waals surface area (Å²) in [6.45, 7) is 4.66. The molecule has 0 saturated carbocycles. The van der Waals surface area contributed by atoms with Gasteiger partial charge in [-0.15, -0.1) is 6.58 Å². The Morgan fingerprint density at radius 1 is 1.32 bits per heavy atom. The SMILES string of the molecule is C=CCn1cc(/C=C(\C#N)C(=O)NCc2ccco2)c2ccccc21. The molecule has 0 aliphatic carbocycles. The molecule has 0 aliphatic heterocycles. The molecule has 124 valence electrons. The maximum Gasteiger partial charge on any atom is 0.262 e. The summed E-state index contributed by atoms with van der Waals surface area (Å²) >= 11 is 0. The first-order chi connectivity index (χ1) is 12.2. The molecule has 3 aromatic rings. The molecule has 2 heterocycles. The van der Waals surface area contributed by atoms with Crippen LogP contribution < -0.4 is 5.32 Å². The van der Waals surface area contributed by atoms with Gasteiger partial charge in [0, 0.05) is 29.2 Å². The summed E-state index contributed by atoms with van der Waals surface area (Å²) in [4.78, 5) is 12.3. The minimum Gasteiger partial charge on any atom is -0.467 e. The lowest BCUT2D eigenvalue weighted by Crippen LogP contribution is -2.23. The fourth-order valence-electron chi connectivity index (χ4n) is 2.66. The summed E-state index contributed by atoms with van der Waals surface area (Å²) < 4.78 is 7.21. The normalized spacial score (nSPS) is 11.2. The van der Waals surface area contributed by atoms with Crippen molar-refractivity contribution in [3.63, 3.8) is 0 Å². The number of rotatable bonds is 6. The van der Waals surface area contributed by atoms with Crippen molar-refractivity contribution < 1.29 is 9.21 Å². The summed E-state index contributed by atoms with van der Waals surface area (Å²) in [5.41, 5.74) is 1.90. The van der Waals surface area contributed by atoms with Gasteiger partial charge in [0.05, 0.1) is 12.8 Å². The number of fused-ring (bicyclic) bond motifs is 1. The molecule has 25 heavy (non-hydrogen) atoms. The molecule has 0 unspecified atom stereocenters. The first kappa shape index (κ1) is 16.3. The molecule has 1 aromatic carbocycles. The average Bonchev–Trinajstić information content (AvgIpc) is 3.27.